The molecule has 0 aromatic carbocycles. The number of H-pyrrole nitrogens is 2. The van der Waals surface area contributed by atoms with Crippen molar-refractivity contribution in [3.05, 3.63) is 116 Å². The molecule has 8 N–H and O–H groups in total. The Bertz CT molecular complexity index is 2730. The predicted molar refractivity (Wildman–Crippen MR) is 291 cm³/mol. The molecular formula is C41H62Cl6F2N8O21P2. The predicted octanol–water partition coefficient (Wildman–Crippen LogP) is 7.18. The fourth-order valence-corrected chi connectivity index (χ4v) is 7.75. The van der Waals surface area contributed by atoms with Crippen molar-refractivity contribution in [2.45, 2.75) is 108 Å². The molecule has 0 aliphatic carbocycles. The van der Waals surface area contributed by atoms with Crippen molar-refractivity contribution in [1.29, 1.82) is 0 Å². The normalized spacial score (nSPS) is 19.0. The van der Waals surface area contributed by atoms with Crippen LogP contribution in [0.3, 0.4) is 0 Å². The van der Waals surface area contributed by atoms with Gasteiger partial charge in [0.2, 0.25) is 11.6 Å². The topological polar surface area (TPSA) is 402 Å². The molecule has 80 heavy (non-hydrogen) atoms. The largest absolute Gasteiger partial charge is 0.481 e. The van der Waals surface area contributed by atoms with E-state index in [1.54, 1.807) is 30.7 Å². The number of aromatic nitrogens is 4. The van der Waals surface area contributed by atoms with E-state index in [0.29, 0.717) is 24.9 Å². The minimum atomic E-state index is -4.03. The second kappa shape index (κ2) is 39.0. The van der Waals surface area contributed by atoms with Gasteiger partial charge in [0.15, 0.2) is 5.98 Å². The first kappa shape index (κ1) is 76.3. The molecule has 7 atom stereocenters. The zero-order valence-corrected chi connectivity index (χ0v) is 49.5. The molecule has 0 radical (unpaired) electrons. The van der Waals surface area contributed by atoms with Crippen molar-refractivity contribution in [3.63, 3.8) is 0 Å². The van der Waals surface area contributed by atoms with Crippen LogP contribution in [-0.2, 0) is 34.6 Å². The Hall–Kier alpha value is -3.66. The van der Waals surface area contributed by atoms with E-state index in [0.717, 1.165) is 52.4 Å². The molecule has 4 aromatic heterocycles. The Morgan fingerprint density at radius 1 is 0.838 bits per heavy atom. The van der Waals surface area contributed by atoms with Gasteiger partial charge in [-0.2, -0.15) is 8.78 Å². The SMILES string of the molecule is CC(C)(C)OO.CN(CCCCCl)P(=O)(OCc1ccc([N+](=O)[O-])o1)OCC1OC(n2cc(F)c(=O)[nH]c2=O)CC1O.CNCCCCCl.Cl.ClP(Cl)Cl.O=[N+]([O-])c1ccc(O)o1.O=c1[nH]c(=O)n(C2CC(O)C(CO)O2)cc1F. The molecule has 2 fully saturated rings. The Morgan fingerprint density at radius 3 is 1.68 bits per heavy atom. The summed E-state index contributed by atoms with van der Waals surface area (Å²) in [6.45, 7) is 5.42. The van der Waals surface area contributed by atoms with Gasteiger partial charge in [0, 0.05) is 37.2 Å². The van der Waals surface area contributed by atoms with Crippen LogP contribution in [0.5, 0.6) is 5.95 Å². The summed E-state index contributed by atoms with van der Waals surface area (Å²) in [6, 6.07) is 4.61. The van der Waals surface area contributed by atoms with Crippen molar-refractivity contribution in [2.24, 2.45) is 0 Å². The first-order valence-corrected chi connectivity index (χ1v) is 29.5. The Labute approximate surface area is 485 Å². The van der Waals surface area contributed by atoms with Gasteiger partial charge in [0.1, 0.15) is 46.9 Å². The minimum Gasteiger partial charge on any atom is -0.481 e. The van der Waals surface area contributed by atoms with Crippen LogP contribution < -0.4 is 27.8 Å². The number of ether oxygens (including phenoxy) is 2. The standard InChI is InChI=1S/C19H25ClFN4O10P.C9H11FN2O5.C5H12ClN.C4H3NO4.C4H10O2.Cl3P.ClH/c1-23(7-3-2-6-20)36(31,32-10-12-4-5-16(34-12)25(29)30)33-11-15-14(26)8-17(35-15)24-9-13(21)18(27)22-19(24)28;10-4-2-12(9(16)11-8(4)15)7-1-5(14)6(3-13)17-7;1-7-5-3-2-4-6;6-4-2-1-3(9-4)5(7)8;1-4(2,3)6-5;1-4(2)3;/h4-5,9,14-15,17,26H,2-3,6-8,10-11H2,1H3,(H,22,27,28);2,5-7,13-14H,1,3H2,(H,11,15,16);7H,2-5H2,1H3;1-2,6H;5H,1-3H3;;1H. The van der Waals surface area contributed by atoms with Gasteiger partial charge in [-0.15, -0.1) is 35.6 Å². The van der Waals surface area contributed by atoms with Crippen molar-refractivity contribution in [3.8, 4) is 5.95 Å². The molecule has 2 aliphatic rings. The number of aromatic amines is 2. The summed E-state index contributed by atoms with van der Waals surface area (Å²) in [5.74, 6) is -3.71. The van der Waals surface area contributed by atoms with E-state index < -0.39 is 138 Å². The van der Waals surface area contributed by atoms with Crippen LogP contribution in [0.1, 0.15) is 77.5 Å². The Morgan fingerprint density at radius 2 is 1.29 bits per heavy atom. The van der Waals surface area contributed by atoms with E-state index in [4.69, 9.17) is 95.3 Å². The third-order valence-electron chi connectivity index (χ3n) is 9.78. The highest BCUT2D eigenvalue weighted by Crippen LogP contribution is 2.53. The third-order valence-corrected chi connectivity index (χ3v) is 12.3. The van der Waals surface area contributed by atoms with E-state index in [1.807, 2.05) is 7.05 Å². The van der Waals surface area contributed by atoms with Crippen LogP contribution >= 0.6 is 83.1 Å². The van der Waals surface area contributed by atoms with Crippen molar-refractivity contribution < 1.29 is 81.1 Å². The molecule has 6 rings (SSSR count). The first-order valence-electron chi connectivity index (χ1n) is 22.9. The number of aliphatic hydroxyl groups excluding tert-OH is 3. The van der Waals surface area contributed by atoms with Crippen LogP contribution in [0.2, 0.25) is 0 Å². The number of nitrogens with one attached hydrogen (secondary N) is 3. The molecule has 0 bridgehead atoms. The average Bonchev–Trinajstić information content (AvgIpc) is 4.20. The minimum absolute atomic E-state index is 0. The van der Waals surface area contributed by atoms with Crippen LogP contribution in [0.25, 0.3) is 0 Å². The van der Waals surface area contributed by atoms with Crippen molar-refractivity contribution in [1.82, 2.24) is 29.1 Å². The van der Waals surface area contributed by atoms with Crippen LogP contribution in [0.15, 0.2) is 64.7 Å². The molecule has 7 unspecified atom stereocenters. The van der Waals surface area contributed by atoms with Gasteiger partial charge < -0.3 is 44.1 Å². The fraction of sp³-hybridized carbons (Fsp3) is 0.610. The smallest absolute Gasteiger partial charge is 0.436 e. The summed E-state index contributed by atoms with van der Waals surface area (Å²) in [5.41, 5.74) is -4.46. The van der Waals surface area contributed by atoms with Crippen LogP contribution in [0.4, 0.5) is 20.5 Å². The highest BCUT2D eigenvalue weighted by molar-refractivity contribution is 8.20. The lowest BCUT2D eigenvalue weighted by atomic mass is 10.2. The number of aliphatic hydroxyl groups is 3. The van der Waals surface area contributed by atoms with Gasteiger partial charge in [0.25, 0.3) is 17.1 Å². The number of alkyl halides is 2. The lowest BCUT2D eigenvalue weighted by Gasteiger charge is -2.28. The number of hydrogen-bond donors (Lipinski definition) is 8. The van der Waals surface area contributed by atoms with Gasteiger partial charge in [-0.3, -0.25) is 63.2 Å². The highest BCUT2D eigenvalue weighted by atomic mass is 36.0. The number of hydrogen-bond acceptors (Lipinski definition) is 22. The number of halogens is 8. The number of unbranched alkanes of at least 4 members (excludes halogenated alkanes) is 2. The maximum absolute atomic E-state index is 13.6. The summed E-state index contributed by atoms with van der Waals surface area (Å²) in [6.07, 6.45) is -1.21. The Kier molecular flexibility index (Phi) is 37.2. The van der Waals surface area contributed by atoms with E-state index in [1.165, 1.54) is 24.2 Å². The number of nitro groups is 2. The molecule has 0 saturated carbocycles. The zero-order valence-electron chi connectivity index (χ0n) is 43.1. The van der Waals surface area contributed by atoms with Gasteiger partial charge >= 0.3 is 30.9 Å². The zero-order chi connectivity index (χ0) is 60.2. The quantitative estimate of drug-likeness (QED) is 0.0108. The maximum Gasteiger partial charge on any atom is 0.436 e. The molecule has 39 heteroatoms. The van der Waals surface area contributed by atoms with Crippen LogP contribution in [-0.4, -0.2) is 141 Å². The summed E-state index contributed by atoms with van der Waals surface area (Å²) in [4.78, 5) is 72.2. The number of rotatable bonds is 20. The molecule has 29 nitrogen and oxygen atoms in total. The van der Waals surface area contributed by atoms with Gasteiger partial charge in [-0.1, -0.05) is 33.7 Å². The van der Waals surface area contributed by atoms with E-state index in [2.05, 4.69) is 14.6 Å². The second-order valence-corrected chi connectivity index (χ2v) is 24.8. The second-order valence-electron chi connectivity index (χ2n) is 16.9. The molecule has 2 saturated heterocycles. The summed E-state index contributed by atoms with van der Waals surface area (Å²) >= 11 is 25.7. The molecule has 2 aliphatic heterocycles. The van der Waals surface area contributed by atoms with E-state index in [-0.39, 0.29) is 37.6 Å². The molecule has 0 spiro atoms. The van der Waals surface area contributed by atoms with Crippen molar-refractivity contribution >= 4 is 94.8 Å². The van der Waals surface area contributed by atoms with Crippen LogP contribution in [0, 0.1) is 31.9 Å². The molecule has 6 heterocycles. The van der Waals surface area contributed by atoms with E-state index >= 15 is 0 Å². The number of aromatic hydroxyl groups is 1. The summed E-state index contributed by atoms with van der Waals surface area (Å²) < 4.78 is 74.2. The lowest BCUT2D eigenvalue weighted by molar-refractivity contribution is -0.402. The summed E-state index contributed by atoms with van der Waals surface area (Å²) in [5, 5.41) is 68.7. The molecular weight excluding hydrogens is 1250 g/mol. The monoisotopic (exact) mass is 1310 g/mol. The number of furan rings is 2. The average molecular weight is 1320 g/mol. The van der Waals surface area contributed by atoms with Gasteiger partial charge in [-0.05, 0) is 73.2 Å². The lowest BCUT2D eigenvalue weighted by Crippen LogP contribution is -2.34. The fourth-order valence-electron chi connectivity index (χ4n) is 5.89. The van der Waals surface area contributed by atoms with E-state index in [9.17, 15) is 63.0 Å². The molecule has 458 valence electrons. The highest BCUT2D eigenvalue weighted by Gasteiger charge is 2.40. The molecule has 0 amide bonds. The maximum atomic E-state index is 13.6. The Balaban J connectivity index is 0.00000116. The van der Waals surface area contributed by atoms with Gasteiger partial charge in [-0.25, -0.2) is 23.7 Å². The van der Waals surface area contributed by atoms with Crippen molar-refractivity contribution in [2.75, 3.05) is 52.2 Å². The first-order chi connectivity index (χ1) is 37.0. The van der Waals surface area contributed by atoms with Gasteiger partial charge in [0.05, 0.1) is 55.5 Å². The summed E-state index contributed by atoms with van der Waals surface area (Å²) in [7, 11) is -0.596. The third kappa shape index (κ3) is 28.6. The number of nitrogens with zero attached hydrogens (tertiary/aromatic N) is 5. The molecule has 4 aromatic rings.